The standard InChI is InChI=1S/C97H182/c1-40-53(6)88-76(29)92-83(75(28)89(88)55(8)42-41-43-84(94(31,32)33)90-71(24)62(15)80(63(16)72(90)25)48-46-78-58(11)67(20)86(51(2)3)68(21)59(78)12)50-85-66(19)57(10)82(77(30)97(85,92)39)45-44-54(7)56(9)93(96(37,38)95(34,35)36)91-73(26)64(17)81(65(18)74(91)27)49-47-79-60(13)69(22)87(52(4)5)70(23)61(79)14/h51-93H,40-50H2,1-39H3/t53?,54-,55?,56+,57?,58?,59?,60?,61?,62?,63?,64?,65?,66?,67?,68?,69?,70?,71?,72?,73?,74?,75?,76?,77?,78?,79?,80?,81?,82?,83?,84?,85?,86?,87?,88?,89?,90?,91?,92?,93?,97+/m0/s1. The lowest BCUT2D eigenvalue weighted by atomic mass is 9.44. The quantitative estimate of drug-likeness (QED) is 0.0957. The summed E-state index contributed by atoms with van der Waals surface area (Å²) >= 11 is 0. The molecule has 0 aromatic carbocycles. The van der Waals surface area contributed by atoms with Gasteiger partial charge in [-0.15, -0.1) is 0 Å². The highest BCUT2D eigenvalue weighted by atomic mass is 14.7. The fourth-order valence-electron chi connectivity index (χ4n) is 31.4. The summed E-state index contributed by atoms with van der Waals surface area (Å²) in [5, 5.41) is 0. The third-order valence-corrected chi connectivity index (χ3v) is 39.6. The Balaban J connectivity index is 1.04. The summed E-state index contributed by atoms with van der Waals surface area (Å²) in [6.07, 6.45) is 15.7. The highest BCUT2D eigenvalue weighted by Crippen LogP contribution is 2.73. The zero-order chi connectivity index (χ0) is 73.6. The summed E-state index contributed by atoms with van der Waals surface area (Å²) in [5.74, 6) is 34.7. The van der Waals surface area contributed by atoms with E-state index >= 15 is 0 Å². The minimum absolute atomic E-state index is 0.229. The third kappa shape index (κ3) is 15.5. The van der Waals surface area contributed by atoms with Crippen molar-refractivity contribution in [2.45, 2.75) is 341 Å². The van der Waals surface area contributed by atoms with Crippen molar-refractivity contribution >= 4 is 0 Å². The van der Waals surface area contributed by atoms with Gasteiger partial charge in [-0.2, -0.15) is 0 Å². The van der Waals surface area contributed by atoms with Crippen LogP contribution in [0.5, 0.6) is 0 Å². The predicted molar refractivity (Wildman–Crippen MR) is 432 cm³/mol. The van der Waals surface area contributed by atoms with Crippen LogP contribution in [0.2, 0.25) is 0 Å². The van der Waals surface area contributed by atoms with E-state index in [9.17, 15) is 0 Å². The Morgan fingerprint density at radius 1 is 0.351 bits per heavy atom. The van der Waals surface area contributed by atoms with Gasteiger partial charge in [0.2, 0.25) is 0 Å². The maximum Gasteiger partial charge on any atom is -0.0233 e. The topological polar surface area (TPSA) is 0 Å². The van der Waals surface area contributed by atoms with Crippen LogP contribution in [0.3, 0.4) is 0 Å². The van der Waals surface area contributed by atoms with E-state index in [0.717, 1.165) is 243 Å². The van der Waals surface area contributed by atoms with Crippen LogP contribution < -0.4 is 0 Å². The lowest BCUT2D eigenvalue weighted by Crippen LogP contribution is -2.55. The molecule has 34 atom stereocenters. The molecular formula is C97H182. The smallest absolute Gasteiger partial charge is 0.0233 e. The molecule has 7 fully saturated rings. The van der Waals surface area contributed by atoms with Gasteiger partial charge in [-0.1, -0.05) is 296 Å². The molecule has 0 spiro atoms. The molecule has 7 aliphatic carbocycles. The number of hydrogen-bond acceptors (Lipinski definition) is 0. The normalized spacial score (nSPS) is 49.0. The van der Waals surface area contributed by atoms with E-state index in [1.165, 1.54) is 70.6 Å². The van der Waals surface area contributed by atoms with Crippen LogP contribution in [0.25, 0.3) is 0 Å². The molecule has 0 amide bonds. The first-order valence-electron chi connectivity index (χ1n) is 44.6. The molecule has 0 saturated heterocycles. The SMILES string of the molecule is CCC(C)C1C(C)C2C(CC3C(C)C(C)C(CC[C@H](C)[C@@H](C)C(C4C(C)C(C)C(CCC5C(C)C(C)C(C(C)C)C(C)C5C)C(C)C4C)C(C)(C)C(C)(C)C)C(C)[C@]32C)C(C)C1C(C)CCCC(C1C(C)C(C)C(CCC2C(C)C(C)C(C(C)C)C(C)C2C)C(C)C1C)C(C)(C)C. The van der Waals surface area contributed by atoms with Gasteiger partial charge >= 0.3 is 0 Å². The van der Waals surface area contributed by atoms with Gasteiger partial charge in [-0.3, -0.25) is 0 Å². The molecule has 570 valence electrons. The van der Waals surface area contributed by atoms with Crippen molar-refractivity contribution in [2.75, 3.05) is 0 Å². The van der Waals surface area contributed by atoms with Gasteiger partial charge in [-0.25, -0.2) is 0 Å². The van der Waals surface area contributed by atoms with E-state index in [4.69, 9.17) is 0 Å². The lowest BCUT2D eigenvalue weighted by molar-refractivity contribution is -0.129. The molecular weight excluding hydrogens is 1170 g/mol. The van der Waals surface area contributed by atoms with Gasteiger partial charge in [0.25, 0.3) is 0 Å². The monoisotopic (exact) mass is 1350 g/mol. The van der Waals surface area contributed by atoms with Crippen LogP contribution >= 0.6 is 0 Å². The molecule has 7 saturated carbocycles. The molecule has 97 heavy (non-hydrogen) atoms. The lowest BCUT2D eigenvalue weighted by Gasteiger charge is -2.61. The maximum atomic E-state index is 2.95. The molecule has 7 aliphatic rings. The molecule has 0 aliphatic heterocycles. The van der Waals surface area contributed by atoms with Crippen LogP contribution in [0.1, 0.15) is 341 Å². The van der Waals surface area contributed by atoms with Crippen LogP contribution in [0, 0.1) is 276 Å². The van der Waals surface area contributed by atoms with Crippen molar-refractivity contribution < 1.29 is 0 Å². The summed E-state index contributed by atoms with van der Waals surface area (Å²) in [7, 11) is 0. The van der Waals surface area contributed by atoms with Gasteiger partial charge in [-0.05, 0) is 321 Å². The van der Waals surface area contributed by atoms with Gasteiger partial charge in [0.1, 0.15) is 0 Å². The Bertz CT molecular complexity index is 2320. The number of rotatable bonds is 23. The zero-order valence-electron chi connectivity index (χ0n) is 73.6. The summed E-state index contributed by atoms with van der Waals surface area (Å²) in [6, 6.07) is 0. The Morgan fingerprint density at radius 3 is 1.05 bits per heavy atom. The predicted octanol–water partition coefficient (Wildman–Crippen LogP) is 29.6. The summed E-state index contributed by atoms with van der Waals surface area (Å²) in [5.41, 5.74) is 1.20. The minimum Gasteiger partial charge on any atom is -0.0651 e. The third-order valence-electron chi connectivity index (χ3n) is 39.6. The number of fused-ring (bicyclic) bond motifs is 3. The van der Waals surface area contributed by atoms with Crippen LogP contribution in [-0.4, -0.2) is 0 Å². The Labute approximate surface area is 613 Å². The van der Waals surface area contributed by atoms with Crippen molar-refractivity contribution in [3.8, 4) is 0 Å². The van der Waals surface area contributed by atoms with E-state index in [0.29, 0.717) is 22.7 Å². The van der Waals surface area contributed by atoms with Gasteiger partial charge in [0.05, 0.1) is 0 Å². The van der Waals surface area contributed by atoms with Crippen molar-refractivity contribution in [1.82, 2.24) is 0 Å². The Hall–Kier alpha value is 0. The fraction of sp³-hybridized carbons (Fsp3) is 1.00. The summed E-state index contributed by atoms with van der Waals surface area (Å²) < 4.78 is 0. The molecule has 0 nitrogen and oxygen atoms in total. The zero-order valence-corrected chi connectivity index (χ0v) is 73.6. The van der Waals surface area contributed by atoms with Crippen LogP contribution in [0.15, 0.2) is 0 Å². The molecule has 0 heteroatoms. The van der Waals surface area contributed by atoms with Gasteiger partial charge < -0.3 is 0 Å². The Kier molecular flexibility index (Phi) is 28.0. The summed E-state index contributed by atoms with van der Waals surface area (Å²) in [4.78, 5) is 0. The molecule has 0 aromatic heterocycles. The first-order chi connectivity index (χ1) is 44.6. The van der Waals surface area contributed by atoms with Crippen LogP contribution in [-0.2, 0) is 0 Å². The average Bonchev–Trinajstić information content (AvgIpc) is 1.56. The van der Waals surface area contributed by atoms with E-state index in [-0.39, 0.29) is 10.8 Å². The van der Waals surface area contributed by atoms with Crippen LogP contribution in [0.4, 0.5) is 0 Å². The minimum atomic E-state index is 0.229. The van der Waals surface area contributed by atoms with Crippen molar-refractivity contribution in [2.24, 2.45) is 276 Å². The van der Waals surface area contributed by atoms with E-state index < -0.39 is 0 Å². The molecule has 0 bridgehead atoms. The first-order valence-corrected chi connectivity index (χ1v) is 44.6. The molecule has 7 rings (SSSR count). The highest BCUT2D eigenvalue weighted by molar-refractivity contribution is 5.15. The molecule has 0 N–H and O–H groups in total. The molecule has 0 heterocycles. The largest absolute Gasteiger partial charge is 0.0651 e. The molecule has 31 unspecified atom stereocenters. The van der Waals surface area contributed by atoms with E-state index in [2.05, 4.69) is 270 Å². The Morgan fingerprint density at radius 2 is 0.701 bits per heavy atom. The highest BCUT2D eigenvalue weighted by Gasteiger charge is 2.67. The van der Waals surface area contributed by atoms with Crippen molar-refractivity contribution in [3.63, 3.8) is 0 Å². The van der Waals surface area contributed by atoms with E-state index in [1.54, 1.807) is 0 Å². The first kappa shape index (κ1) is 84.3. The maximum absolute atomic E-state index is 2.95. The second kappa shape index (κ2) is 32.2. The van der Waals surface area contributed by atoms with Crippen molar-refractivity contribution in [3.05, 3.63) is 0 Å². The molecule has 0 radical (unpaired) electrons. The second-order valence-corrected chi connectivity index (χ2v) is 45.0. The average molecular weight is 1350 g/mol. The van der Waals surface area contributed by atoms with Gasteiger partial charge in [0, 0.05) is 0 Å². The second-order valence-electron chi connectivity index (χ2n) is 45.0. The van der Waals surface area contributed by atoms with Crippen molar-refractivity contribution in [1.29, 1.82) is 0 Å². The molecule has 0 aromatic rings. The van der Waals surface area contributed by atoms with E-state index in [1.807, 2.05) is 0 Å². The number of hydrogen-bond donors (Lipinski definition) is 0. The fourth-order valence-corrected chi connectivity index (χ4v) is 31.4. The summed E-state index contributed by atoms with van der Waals surface area (Å²) in [6.45, 7) is 105. The van der Waals surface area contributed by atoms with Gasteiger partial charge in [0.15, 0.2) is 0 Å².